The third kappa shape index (κ3) is 2.73. The molecule has 0 aliphatic carbocycles. The van der Waals surface area contributed by atoms with E-state index in [-0.39, 0.29) is 12.2 Å². The molecule has 0 saturated heterocycles. The summed E-state index contributed by atoms with van der Waals surface area (Å²) >= 11 is 0. The van der Waals surface area contributed by atoms with Crippen LogP contribution >= 0.6 is 0 Å². The lowest BCUT2D eigenvalue weighted by Crippen LogP contribution is -2.17. The molecule has 2 rings (SSSR count). The first-order chi connectivity index (χ1) is 9.13. The summed E-state index contributed by atoms with van der Waals surface area (Å²) in [5, 5.41) is 41.3. The average Bonchev–Trinajstić information content (AvgIpc) is 2.92. The molecule has 19 heavy (non-hydrogen) atoms. The smallest absolute Gasteiger partial charge is 0.170 e. The summed E-state index contributed by atoms with van der Waals surface area (Å²) < 4.78 is 4.94. The van der Waals surface area contributed by atoms with Gasteiger partial charge in [0, 0.05) is 6.07 Å². The summed E-state index contributed by atoms with van der Waals surface area (Å²) in [5.74, 6) is 0.323. The van der Waals surface area contributed by atoms with Gasteiger partial charge in [-0.15, -0.1) is 0 Å². The van der Waals surface area contributed by atoms with Crippen molar-refractivity contribution < 1.29 is 19.8 Å². The van der Waals surface area contributed by atoms with E-state index in [2.05, 4.69) is 5.16 Å². The Balaban J connectivity index is 2.34. The number of aliphatic hydroxyl groups excluding tert-OH is 2. The number of phenolic OH excluding ortho intramolecular Hbond substituents is 1. The van der Waals surface area contributed by atoms with E-state index in [1.54, 1.807) is 12.1 Å². The van der Waals surface area contributed by atoms with Gasteiger partial charge in [-0.05, 0) is 17.7 Å². The van der Waals surface area contributed by atoms with Crippen LogP contribution in [-0.2, 0) is 0 Å². The molecule has 2 unspecified atom stereocenters. The molecule has 0 aliphatic rings. The van der Waals surface area contributed by atoms with Crippen LogP contribution in [0.15, 0.2) is 35.0 Å². The van der Waals surface area contributed by atoms with Crippen molar-refractivity contribution in [1.29, 1.82) is 5.26 Å². The maximum atomic E-state index is 9.90. The fourth-order valence-electron chi connectivity index (χ4n) is 1.72. The van der Waals surface area contributed by atoms with Crippen molar-refractivity contribution in [2.24, 2.45) is 0 Å². The van der Waals surface area contributed by atoms with Gasteiger partial charge in [-0.1, -0.05) is 11.2 Å². The van der Waals surface area contributed by atoms with Gasteiger partial charge >= 0.3 is 0 Å². The molecule has 0 fully saturated rings. The summed E-state index contributed by atoms with van der Waals surface area (Å²) in [5.41, 5.74) is 0.741. The molecule has 1 aromatic carbocycles. The molecular formula is C13H12N2O4. The van der Waals surface area contributed by atoms with E-state index in [1.807, 2.05) is 0 Å². The summed E-state index contributed by atoms with van der Waals surface area (Å²) in [7, 11) is 0. The van der Waals surface area contributed by atoms with Crippen molar-refractivity contribution in [2.45, 2.75) is 18.6 Å². The number of aromatic nitrogens is 1. The number of nitriles is 1. The lowest BCUT2D eigenvalue weighted by Gasteiger charge is -2.16. The summed E-state index contributed by atoms with van der Waals surface area (Å²) in [6.07, 6.45) is -1.14. The van der Waals surface area contributed by atoms with Gasteiger partial charge in [0.2, 0.25) is 0 Å². The lowest BCUT2D eigenvalue weighted by molar-refractivity contribution is 0.0216. The Morgan fingerprint density at radius 2 is 2.11 bits per heavy atom. The molecule has 0 bridgehead atoms. The fourth-order valence-corrected chi connectivity index (χ4v) is 1.72. The van der Waals surface area contributed by atoms with Crippen LogP contribution in [0.3, 0.4) is 0 Å². The maximum absolute atomic E-state index is 9.90. The zero-order valence-electron chi connectivity index (χ0n) is 9.89. The molecule has 0 aliphatic heterocycles. The highest BCUT2D eigenvalue weighted by Gasteiger charge is 2.20. The number of hydrogen-bond donors (Lipinski definition) is 3. The van der Waals surface area contributed by atoms with Crippen molar-refractivity contribution >= 4 is 0 Å². The van der Waals surface area contributed by atoms with E-state index in [4.69, 9.17) is 9.78 Å². The monoisotopic (exact) mass is 260 g/mol. The Morgan fingerprint density at radius 1 is 1.32 bits per heavy atom. The second kappa shape index (κ2) is 5.52. The molecule has 1 aromatic heterocycles. The third-order valence-corrected chi connectivity index (χ3v) is 2.73. The quantitative estimate of drug-likeness (QED) is 0.765. The van der Waals surface area contributed by atoms with Gasteiger partial charge in [-0.25, -0.2) is 0 Å². The predicted octanol–water partition coefficient (Wildman–Crippen LogP) is 1.36. The first kappa shape index (κ1) is 13.1. The van der Waals surface area contributed by atoms with Gasteiger partial charge in [0.25, 0.3) is 0 Å². The van der Waals surface area contributed by atoms with E-state index in [0.717, 1.165) is 0 Å². The second-order valence-electron chi connectivity index (χ2n) is 4.03. The fraction of sp³-hybridized carbons (Fsp3) is 0.231. The van der Waals surface area contributed by atoms with E-state index < -0.39 is 12.2 Å². The van der Waals surface area contributed by atoms with Crippen LogP contribution in [0, 0.1) is 11.3 Å². The number of nitrogens with zero attached hydrogens (tertiary/aromatic N) is 2. The Bertz CT molecular complexity index is 589. The SMILES string of the molecule is N#CCC(O)C(O)c1ccc(O)c(-c2ccno2)c1. The molecule has 2 atom stereocenters. The molecule has 0 amide bonds. The van der Waals surface area contributed by atoms with Gasteiger partial charge < -0.3 is 19.8 Å². The van der Waals surface area contributed by atoms with Crippen LogP contribution < -0.4 is 0 Å². The number of phenols is 1. The van der Waals surface area contributed by atoms with E-state index in [9.17, 15) is 15.3 Å². The molecular weight excluding hydrogens is 248 g/mol. The zero-order valence-corrected chi connectivity index (χ0v) is 9.89. The molecule has 3 N–H and O–H groups in total. The number of aromatic hydroxyl groups is 1. The van der Waals surface area contributed by atoms with Crippen molar-refractivity contribution in [1.82, 2.24) is 5.16 Å². The first-order valence-electron chi connectivity index (χ1n) is 5.60. The maximum Gasteiger partial charge on any atom is 0.170 e. The van der Waals surface area contributed by atoms with Crippen molar-refractivity contribution in [2.75, 3.05) is 0 Å². The van der Waals surface area contributed by atoms with Crippen LogP contribution in [0.5, 0.6) is 5.75 Å². The standard InChI is InChI=1S/C13H12N2O4/c14-5-3-11(17)13(18)8-1-2-10(16)9(7-8)12-4-6-15-19-12/h1-2,4,6-7,11,13,16-18H,3H2. The van der Waals surface area contributed by atoms with Gasteiger partial charge in [0.1, 0.15) is 11.9 Å². The Hall–Kier alpha value is -2.36. The van der Waals surface area contributed by atoms with Crippen LogP contribution in [0.4, 0.5) is 0 Å². The zero-order chi connectivity index (χ0) is 13.8. The first-order valence-corrected chi connectivity index (χ1v) is 5.60. The van der Waals surface area contributed by atoms with Crippen LogP contribution in [-0.4, -0.2) is 26.6 Å². The van der Waals surface area contributed by atoms with Crippen molar-refractivity contribution in [3.63, 3.8) is 0 Å². The predicted molar refractivity (Wildman–Crippen MR) is 64.8 cm³/mol. The minimum Gasteiger partial charge on any atom is -0.507 e. The summed E-state index contributed by atoms with van der Waals surface area (Å²) in [4.78, 5) is 0. The van der Waals surface area contributed by atoms with Gasteiger partial charge in [0.15, 0.2) is 5.76 Å². The minimum absolute atomic E-state index is 0.0255. The van der Waals surface area contributed by atoms with Crippen molar-refractivity contribution in [3.8, 4) is 23.1 Å². The molecule has 2 aromatic rings. The molecule has 6 nitrogen and oxygen atoms in total. The van der Waals surface area contributed by atoms with Gasteiger partial charge in [0.05, 0.1) is 30.4 Å². The highest BCUT2D eigenvalue weighted by Crippen LogP contribution is 2.32. The molecule has 0 spiro atoms. The summed E-state index contributed by atoms with van der Waals surface area (Å²) in [6.45, 7) is 0. The average molecular weight is 260 g/mol. The summed E-state index contributed by atoms with van der Waals surface area (Å²) in [6, 6.07) is 7.69. The normalized spacial score (nSPS) is 13.7. The van der Waals surface area contributed by atoms with Gasteiger partial charge in [-0.2, -0.15) is 5.26 Å². The van der Waals surface area contributed by atoms with E-state index in [0.29, 0.717) is 16.9 Å². The Labute approximate surface area is 109 Å². The second-order valence-corrected chi connectivity index (χ2v) is 4.03. The Kier molecular flexibility index (Phi) is 3.80. The largest absolute Gasteiger partial charge is 0.507 e. The lowest BCUT2D eigenvalue weighted by atomic mass is 9.99. The molecule has 6 heteroatoms. The van der Waals surface area contributed by atoms with E-state index >= 15 is 0 Å². The van der Waals surface area contributed by atoms with Crippen LogP contribution in [0.2, 0.25) is 0 Å². The highest BCUT2D eigenvalue weighted by molar-refractivity contribution is 5.66. The minimum atomic E-state index is -1.21. The highest BCUT2D eigenvalue weighted by atomic mass is 16.5. The molecule has 98 valence electrons. The van der Waals surface area contributed by atoms with Crippen molar-refractivity contribution in [3.05, 3.63) is 36.0 Å². The van der Waals surface area contributed by atoms with Gasteiger partial charge in [-0.3, -0.25) is 0 Å². The number of rotatable bonds is 4. The number of benzene rings is 1. The number of hydrogen-bond acceptors (Lipinski definition) is 6. The van der Waals surface area contributed by atoms with E-state index in [1.165, 1.54) is 24.4 Å². The molecule has 1 heterocycles. The Morgan fingerprint density at radius 3 is 2.74 bits per heavy atom. The van der Waals surface area contributed by atoms with Crippen LogP contribution in [0.25, 0.3) is 11.3 Å². The molecule has 0 radical (unpaired) electrons. The van der Waals surface area contributed by atoms with Crippen LogP contribution in [0.1, 0.15) is 18.1 Å². The number of aliphatic hydroxyl groups is 2. The third-order valence-electron chi connectivity index (χ3n) is 2.73. The topological polar surface area (TPSA) is 111 Å². The molecule has 0 saturated carbocycles.